The minimum Gasteiger partial charge on any atom is -0.395 e. The van der Waals surface area contributed by atoms with Crippen LogP contribution < -0.4 is 20.1 Å². The molecule has 1 aliphatic heterocycles. The number of nitrogens with one attached hydrogen (secondary N) is 2. The summed E-state index contributed by atoms with van der Waals surface area (Å²) in [6.07, 6.45) is -2.45. The maximum absolute atomic E-state index is 13.3. The van der Waals surface area contributed by atoms with Crippen molar-refractivity contribution in [1.29, 1.82) is 0 Å². The quantitative estimate of drug-likeness (QED) is 0.568. The second kappa shape index (κ2) is 7.47. The third-order valence-corrected chi connectivity index (χ3v) is 5.79. The second-order valence-corrected chi connectivity index (χ2v) is 8.03. The number of anilines is 2. The molecule has 1 saturated carbocycles. The largest absolute Gasteiger partial charge is 0.586 e. The molecule has 1 aliphatic carbocycles. The Bertz CT molecular complexity index is 1180. The van der Waals surface area contributed by atoms with Gasteiger partial charge in [-0.2, -0.15) is 0 Å². The van der Waals surface area contributed by atoms with Gasteiger partial charge in [0, 0.05) is 6.54 Å². The molecule has 0 spiro atoms. The van der Waals surface area contributed by atoms with Gasteiger partial charge in [-0.05, 0) is 55.2 Å². The lowest BCUT2D eigenvalue weighted by atomic mass is 9.94. The first kappa shape index (κ1) is 20.2. The topological polar surface area (TPSA) is 72.5 Å². The van der Waals surface area contributed by atoms with Gasteiger partial charge < -0.3 is 20.1 Å². The van der Waals surface area contributed by atoms with E-state index in [9.17, 15) is 13.6 Å². The van der Waals surface area contributed by atoms with E-state index in [0.717, 1.165) is 16.9 Å². The summed E-state index contributed by atoms with van der Waals surface area (Å²) in [4.78, 5) is 17.5. The predicted octanol–water partition coefficient (Wildman–Crippen LogP) is 4.99. The summed E-state index contributed by atoms with van der Waals surface area (Å²) in [5.74, 6) is 0.122. The predicted molar refractivity (Wildman–Crippen MR) is 115 cm³/mol. The minimum absolute atomic E-state index is 0.0363. The Kier molecular flexibility index (Phi) is 4.73. The lowest BCUT2D eigenvalue weighted by molar-refractivity contribution is -0.286. The summed E-state index contributed by atoms with van der Waals surface area (Å²) < 4.78 is 35.6. The van der Waals surface area contributed by atoms with Gasteiger partial charge in [0.2, 0.25) is 5.91 Å². The lowest BCUT2D eigenvalue weighted by Gasteiger charge is -2.17. The first-order chi connectivity index (χ1) is 15.3. The van der Waals surface area contributed by atoms with E-state index in [4.69, 9.17) is 0 Å². The smallest absolute Gasteiger partial charge is 0.395 e. The number of carbonyl (C=O) groups is 1. The number of hydrogen-bond donors (Lipinski definition) is 2. The van der Waals surface area contributed by atoms with Crippen LogP contribution in [-0.4, -0.2) is 17.2 Å². The van der Waals surface area contributed by atoms with Crippen molar-refractivity contribution in [2.45, 2.75) is 38.0 Å². The Morgan fingerprint density at radius 1 is 1.03 bits per heavy atom. The van der Waals surface area contributed by atoms with E-state index in [1.54, 1.807) is 12.1 Å². The Hall–Kier alpha value is -3.68. The minimum atomic E-state index is -3.68. The van der Waals surface area contributed by atoms with Crippen LogP contribution >= 0.6 is 0 Å². The van der Waals surface area contributed by atoms with Crippen LogP contribution in [0.3, 0.4) is 0 Å². The zero-order chi connectivity index (χ0) is 22.3. The number of hydrogen-bond acceptors (Lipinski definition) is 5. The van der Waals surface area contributed by atoms with Crippen LogP contribution in [0.25, 0.3) is 0 Å². The Labute approximate surface area is 183 Å². The monoisotopic (exact) mass is 437 g/mol. The van der Waals surface area contributed by atoms with Gasteiger partial charge in [0.1, 0.15) is 5.82 Å². The van der Waals surface area contributed by atoms with Crippen molar-refractivity contribution >= 4 is 17.4 Å². The molecule has 0 saturated heterocycles. The highest BCUT2D eigenvalue weighted by Gasteiger charge is 2.52. The molecular formula is C24H21F2N3O3. The third-order valence-electron chi connectivity index (χ3n) is 5.79. The molecule has 0 bridgehead atoms. The highest BCUT2D eigenvalue weighted by atomic mass is 19.3. The van der Waals surface area contributed by atoms with E-state index in [0.29, 0.717) is 30.8 Å². The number of nitrogens with zero attached hydrogens (tertiary/aromatic N) is 1. The van der Waals surface area contributed by atoms with Crippen molar-refractivity contribution in [2.24, 2.45) is 0 Å². The van der Waals surface area contributed by atoms with Crippen molar-refractivity contribution in [3.63, 3.8) is 0 Å². The molecule has 2 N–H and O–H groups in total. The van der Waals surface area contributed by atoms with Crippen LogP contribution in [0.1, 0.15) is 29.7 Å². The highest BCUT2D eigenvalue weighted by Crippen LogP contribution is 2.52. The van der Waals surface area contributed by atoms with Crippen molar-refractivity contribution in [3.8, 4) is 11.5 Å². The third kappa shape index (κ3) is 3.84. The van der Waals surface area contributed by atoms with Crippen molar-refractivity contribution < 1.29 is 23.0 Å². The molecule has 1 aromatic heterocycles. The number of fused-ring (bicyclic) bond motifs is 1. The SMILES string of the molecule is Cc1nc(NC(=O)C2(c3ccc4c(c3)OC(F)(F)O4)CC2)ccc1NCc1ccccc1. The Balaban J connectivity index is 1.27. The molecule has 0 atom stereocenters. The number of ether oxygens (including phenoxy) is 2. The molecule has 32 heavy (non-hydrogen) atoms. The van der Waals surface area contributed by atoms with Gasteiger partial charge in [-0.1, -0.05) is 36.4 Å². The van der Waals surface area contributed by atoms with Crippen molar-refractivity contribution in [2.75, 3.05) is 10.6 Å². The Morgan fingerprint density at radius 2 is 1.78 bits per heavy atom. The van der Waals surface area contributed by atoms with Crippen LogP contribution in [0.4, 0.5) is 20.3 Å². The molecule has 2 heterocycles. The molecule has 5 rings (SSSR count). The van der Waals surface area contributed by atoms with Crippen LogP contribution in [0.2, 0.25) is 0 Å². The number of carbonyl (C=O) groups excluding carboxylic acids is 1. The van der Waals surface area contributed by atoms with Gasteiger partial charge >= 0.3 is 6.29 Å². The molecule has 164 valence electrons. The van der Waals surface area contributed by atoms with Crippen LogP contribution in [-0.2, 0) is 16.8 Å². The summed E-state index contributed by atoms with van der Waals surface area (Å²) in [7, 11) is 0. The number of rotatable bonds is 6. The van der Waals surface area contributed by atoms with Gasteiger partial charge in [0.25, 0.3) is 0 Å². The van der Waals surface area contributed by atoms with E-state index >= 15 is 0 Å². The zero-order valence-corrected chi connectivity index (χ0v) is 17.3. The summed E-state index contributed by atoms with van der Waals surface area (Å²) in [6, 6.07) is 18.1. The number of benzene rings is 2. The number of alkyl halides is 2. The normalized spacial score (nSPS) is 17.0. The van der Waals surface area contributed by atoms with E-state index in [1.807, 2.05) is 43.3 Å². The molecule has 0 unspecified atom stereocenters. The number of amides is 1. The molecule has 3 aromatic rings. The molecule has 0 radical (unpaired) electrons. The van der Waals surface area contributed by atoms with Gasteiger partial charge in [0.15, 0.2) is 11.5 Å². The maximum atomic E-state index is 13.3. The molecule has 1 amide bonds. The van der Waals surface area contributed by atoms with Crippen LogP contribution in [0.5, 0.6) is 11.5 Å². The fourth-order valence-corrected chi connectivity index (χ4v) is 3.87. The highest BCUT2D eigenvalue weighted by molar-refractivity contribution is 6.01. The summed E-state index contributed by atoms with van der Waals surface area (Å²) in [6.45, 7) is 2.54. The molecule has 8 heteroatoms. The summed E-state index contributed by atoms with van der Waals surface area (Å²) in [5.41, 5.74) is 2.63. The van der Waals surface area contributed by atoms with Crippen molar-refractivity contribution in [3.05, 3.63) is 77.5 Å². The number of aromatic nitrogens is 1. The average Bonchev–Trinajstić information content (AvgIpc) is 3.51. The fourth-order valence-electron chi connectivity index (χ4n) is 3.87. The molecule has 1 fully saturated rings. The van der Waals surface area contributed by atoms with Gasteiger partial charge in [-0.3, -0.25) is 4.79 Å². The Morgan fingerprint density at radius 3 is 2.50 bits per heavy atom. The summed E-state index contributed by atoms with van der Waals surface area (Å²) in [5, 5.41) is 6.22. The lowest BCUT2D eigenvalue weighted by Crippen LogP contribution is -2.28. The fraction of sp³-hybridized carbons (Fsp3) is 0.250. The molecule has 6 nitrogen and oxygen atoms in total. The van der Waals surface area contributed by atoms with Gasteiger partial charge in [-0.25, -0.2) is 4.98 Å². The maximum Gasteiger partial charge on any atom is 0.586 e. The molecule has 2 aliphatic rings. The zero-order valence-electron chi connectivity index (χ0n) is 17.3. The van der Waals surface area contributed by atoms with E-state index in [-0.39, 0.29) is 17.4 Å². The average molecular weight is 437 g/mol. The van der Waals surface area contributed by atoms with E-state index < -0.39 is 11.7 Å². The first-order valence-corrected chi connectivity index (χ1v) is 10.3. The number of halogens is 2. The van der Waals surface area contributed by atoms with Crippen LogP contribution in [0, 0.1) is 6.92 Å². The second-order valence-electron chi connectivity index (χ2n) is 8.03. The van der Waals surface area contributed by atoms with Gasteiger partial charge in [-0.15, -0.1) is 8.78 Å². The molecular weight excluding hydrogens is 416 g/mol. The first-order valence-electron chi connectivity index (χ1n) is 10.3. The van der Waals surface area contributed by atoms with E-state index in [1.165, 1.54) is 12.1 Å². The summed E-state index contributed by atoms with van der Waals surface area (Å²) >= 11 is 0. The van der Waals surface area contributed by atoms with Crippen molar-refractivity contribution in [1.82, 2.24) is 4.98 Å². The number of pyridine rings is 1. The van der Waals surface area contributed by atoms with Gasteiger partial charge in [0.05, 0.1) is 16.8 Å². The standard InChI is InChI=1S/C24H21F2N3O3/c1-15-18(27-14-16-5-3-2-4-6-16)8-10-21(28-15)29-22(30)23(11-12-23)17-7-9-19-20(13-17)32-24(25,26)31-19/h2-10,13,27H,11-12,14H2,1H3,(H,28,29,30). The van der Waals surface area contributed by atoms with E-state index in [2.05, 4.69) is 25.1 Å². The molecule has 2 aromatic carbocycles. The van der Waals surface area contributed by atoms with Crippen LogP contribution in [0.15, 0.2) is 60.7 Å². The number of aryl methyl sites for hydroxylation is 1.